The van der Waals surface area contributed by atoms with Crippen molar-refractivity contribution in [2.75, 3.05) is 32.7 Å². The number of hydrogen-bond donors (Lipinski definition) is 0. The van der Waals surface area contributed by atoms with Crippen molar-refractivity contribution in [2.24, 2.45) is 0 Å². The van der Waals surface area contributed by atoms with Crippen LogP contribution in [0.5, 0.6) is 0 Å². The van der Waals surface area contributed by atoms with Crippen molar-refractivity contribution >= 4 is 5.91 Å². The van der Waals surface area contributed by atoms with Crippen LogP contribution in [0, 0.1) is 18.3 Å². The summed E-state index contributed by atoms with van der Waals surface area (Å²) in [6, 6.07) is 3.75. The van der Waals surface area contributed by atoms with Crippen LogP contribution in [0.3, 0.4) is 0 Å². The second-order valence-corrected chi connectivity index (χ2v) is 4.06. The molecular weight excluding hydrogens is 220 g/mol. The van der Waals surface area contributed by atoms with Crippen molar-refractivity contribution in [2.45, 2.75) is 6.92 Å². The van der Waals surface area contributed by atoms with Gasteiger partial charge in [-0.2, -0.15) is 5.26 Å². The highest BCUT2D eigenvalue weighted by atomic mass is 16.5. The topological polar surface area (TPSA) is 73.4 Å². The van der Waals surface area contributed by atoms with Crippen LogP contribution in [0.15, 0.2) is 10.6 Å². The molecule has 0 spiro atoms. The number of aromatic nitrogens is 1. The SMILES string of the molecule is Cc1cc(C(=O)N2CCN(CC#N)CC2)on1. The zero-order valence-electron chi connectivity index (χ0n) is 9.72. The Balaban J connectivity index is 1.93. The molecule has 6 heteroatoms. The van der Waals surface area contributed by atoms with E-state index < -0.39 is 0 Å². The summed E-state index contributed by atoms with van der Waals surface area (Å²) in [7, 11) is 0. The number of rotatable bonds is 2. The Bertz CT molecular complexity index is 441. The minimum absolute atomic E-state index is 0.123. The Hall–Kier alpha value is -1.87. The molecule has 0 atom stereocenters. The Morgan fingerprint density at radius 3 is 2.76 bits per heavy atom. The maximum absolute atomic E-state index is 12.0. The second-order valence-electron chi connectivity index (χ2n) is 4.06. The molecule has 1 saturated heterocycles. The van der Waals surface area contributed by atoms with Crippen LogP contribution in [0.2, 0.25) is 0 Å². The van der Waals surface area contributed by atoms with Gasteiger partial charge < -0.3 is 9.42 Å². The molecule has 0 saturated carbocycles. The number of nitrogens with zero attached hydrogens (tertiary/aromatic N) is 4. The smallest absolute Gasteiger partial charge is 0.292 e. The first-order valence-corrected chi connectivity index (χ1v) is 5.52. The van der Waals surface area contributed by atoms with E-state index in [4.69, 9.17) is 9.78 Å². The average molecular weight is 234 g/mol. The van der Waals surface area contributed by atoms with Gasteiger partial charge >= 0.3 is 0 Å². The van der Waals surface area contributed by atoms with E-state index in [1.54, 1.807) is 17.9 Å². The summed E-state index contributed by atoms with van der Waals surface area (Å²) in [4.78, 5) is 15.7. The van der Waals surface area contributed by atoms with Gasteiger partial charge in [-0.25, -0.2) is 0 Å². The summed E-state index contributed by atoms with van der Waals surface area (Å²) in [6.45, 7) is 4.91. The van der Waals surface area contributed by atoms with Gasteiger partial charge in [0.1, 0.15) is 0 Å². The van der Waals surface area contributed by atoms with Gasteiger partial charge in [-0.3, -0.25) is 9.69 Å². The molecular formula is C11H14N4O2. The fourth-order valence-electron chi connectivity index (χ4n) is 1.83. The third-order valence-corrected chi connectivity index (χ3v) is 2.79. The Morgan fingerprint density at radius 2 is 2.24 bits per heavy atom. The number of hydrogen-bond acceptors (Lipinski definition) is 5. The van der Waals surface area contributed by atoms with Crippen LogP contribution in [0.4, 0.5) is 0 Å². The van der Waals surface area contributed by atoms with Crippen LogP contribution in [-0.4, -0.2) is 53.6 Å². The van der Waals surface area contributed by atoms with Gasteiger partial charge in [0.05, 0.1) is 18.3 Å². The number of carbonyl (C=O) groups excluding carboxylic acids is 1. The van der Waals surface area contributed by atoms with Crippen molar-refractivity contribution in [1.29, 1.82) is 5.26 Å². The molecule has 0 radical (unpaired) electrons. The normalized spacial score (nSPS) is 16.8. The van der Waals surface area contributed by atoms with Gasteiger partial charge in [-0.15, -0.1) is 0 Å². The van der Waals surface area contributed by atoms with E-state index in [0.29, 0.717) is 25.3 Å². The minimum atomic E-state index is -0.123. The van der Waals surface area contributed by atoms with Crippen LogP contribution in [0.1, 0.15) is 16.2 Å². The summed E-state index contributed by atoms with van der Waals surface area (Å²) >= 11 is 0. The lowest BCUT2D eigenvalue weighted by atomic mass is 10.2. The molecule has 6 nitrogen and oxygen atoms in total. The van der Waals surface area contributed by atoms with E-state index in [-0.39, 0.29) is 11.7 Å². The Morgan fingerprint density at radius 1 is 1.53 bits per heavy atom. The predicted octanol–water partition coefficient (Wildman–Crippen LogP) is 0.264. The van der Waals surface area contributed by atoms with Crippen LogP contribution < -0.4 is 0 Å². The number of nitriles is 1. The third kappa shape index (κ3) is 2.63. The molecule has 0 N–H and O–H groups in total. The second kappa shape index (κ2) is 4.97. The third-order valence-electron chi connectivity index (χ3n) is 2.79. The fourth-order valence-corrected chi connectivity index (χ4v) is 1.83. The highest BCUT2D eigenvalue weighted by Crippen LogP contribution is 2.09. The van der Waals surface area contributed by atoms with Gasteiger partial charge in [0.2, 0.25) is 5.76 Å². The zero-order chi connectivity index (χ0) is 12.3. The van der Waals surface area contributed by atoms with Gasteiger partial charge in [0.15, 0.2) is 0 Å². The molecule has 0 unspecified atom stereocenters. The largest absolute Gasteiger partial charge is 0.351 e. The highest BCUT2D eigenvalue weighted by Gasteiger charge is 2.24. The molecule has 1 aromatic rings. The van der Waals surface area contributed by atoms with Crippen molar-refractivity contribution < 1.29 is 9.32 Å². The van der Waals surface area contributed by atoms with Crippen LogP contribution in [0.25, 0.3) is 0 Å². The fraction of sp³-hybridized carbons (Fsp3) is 0.545. The van der Waals surface area contributed by atoms with E-state index in [9.17, 15) is 4.79 Å². The van der Waals surface area contributed by atoms with Gasteiger partial charge in [-0.05, 0) is 6.92 Å². The molecule has 2 heterocycles. The molecule has 2 rings (SSSR count). The quantitative estimate of drug-likeness (QED) is 0.686. The van der Waals surface area contributed by atoms with Crippen molar-refractivity contribution in [3.63, 3.8) is 0 Å². The number of aryl methyl sites for hydroxylation is 1. The zero-order valence-corrected chi connectivity index (χ0v) is 9.72. The highest BCUT2D eigenvalue weighted by molar-refractivity contribution is 5.91. The lowest BCUT2D eigenvalue weighted by Crippen LogP contribution is -2.48. The molecule has 1 aliphatic rings. The first-order chi connectivity index (χ1) is 8.20. The minimum Gasteiger partial charge on any atom is -0.351 e. The van der Waals surface area contributed by atoms with Crippen molar-refractivity contribution in [3.05, 3.63) is 17.5 Å². The molecule has 1 fully saturated rings. The van der Waals surface area contributed by atoms with E-state index >= 15 is 0 Å². The molecule has 17 heavy (non-hydrogen) atoms. The van der Waals surface area contributed by atoms with Gasteiger partial charge in [0, 0.05) is 32.2 Å². The molecule has 0 aromatic carbocycles. The van der Waals surface area contributed by atoms with Gasteiger partial charge in [-0.1, -0.05) is 5.16 Å². The molecule has 1 aromatic heterocycles. The average Bonchev–Trinajstić information content (AvgIpc) is 2.76. The number of carbonyl (C=O) groups is 1. The first kappa shape index (κ1) is 11.6. The predicted molar refractivity (Wildman–Crippen MR) is 59.2 cm³/mol. The standard InChI is InChI=1S/C11H14N4O2/c1-9-8-10(17-13-9)11(16)15-6-4-14(3-2-12)5-7-15/h8H,3-7H2,1H3. The monoisotopic (exact) mass is 234 g/mol. The van der Waals surface area contributed by atoms with Gasteiger partial charge in [0.25, 0.3) is 5.91 Å². The Labute approximate surface area is 99.4 Å². The molecule has 1 amide bonds. The summed E-state index contributed by atoms with van der Waals surface area (Å²) in [5.74, 6) is 0.165. The maximum Gasteiger partial charge on any atom is 0.292 e. The van der Waals surface area contributed by atoms with Crippen molar-refractivity contribution in [1.82, 2.24) is 15.0 Å². The maximum atomic E-state index is 12.0. The summed E-state index contributed by atoms with van der Waals surface area (Å²) in [5.41, 5.74) is 0.705. The van der Waals surface area contributed by atoms with E-state index in [1.165, 1.54) is 0 Å². The summed E-state index contributed by atoms with van der Waals surface area (Å²) < 4.78 is 4.95. The lowest BCUT2D eigenvalue weighted by Gasteiger charge is -2.32. The first-order valence-electron chi connectivity index (χ1n) is 5.52. The molecule has 1 aliphatic heterocycles. The summed E-state index contributed by atoms with van der Waals surface area (Å²) in [6.07, 6.45) is 0. The van der Waals surface area contributed by atoms with Crippen LogP contribution in [-0.2, 0) is 0 Å². The molecule has 90 valence electrons. The van der Waals surface area contributed by atoms with Crippen molar-refractivity contribution in [3.8, 4) is 6.07 Å². The summed E-state index contributed by atoms with van der Waals surface area (Å²) in [5, 5.41) is 12.3. The van der Waals surface area contributed by atoms with E-state index in [2.05, 4.69) is 11.2 Å². The Kier molecular flexibility index (Phi) is 3.40. The number of amides is 1. The van der Waals surface area contributed by atoms with Crippen LogP contribution >= 0.6 is 0 Å². The molecule has 0 aliphatic carbocycles. The van der Waals surface area contributed by atoms with E-state index in [0.717, 1.165) is 13.1 Å². The number of piperazine rings is 1. The molecule has 0 bridgehead atoms. The lowest BCUT2D eigenvalue weighted by molar-refractivity contribution is 0.0611. The van der Waals surface area contributed by atoms with E-state index in [1.807, 2.05) is 4.90 Å².